The number of fused-ring (bicyclic) bond motifs is 2. The number of ether oxygens (including phenoxy) is 4. The fraction of sp³-hybridized carbons (Fsp3) is 0.467. The number of rotatable bonds is 25. The predicted octanol–water partition coefficient (Wildman–Crippen LogP) is 6.81. The molecule has 0 saturated carbocycles. The molecule has 6 N–H and O–H groups in total. The number of hydrogen-bond acceptors (Lipinski definition) is 15. The van der Waals surface area contributed by atoms with Gasteiger partial charge in [0.25, 0.3) is 5.91 Å². The lowest BCUT2D eigenvalue weighted by Crippen LogP contribution is -2.62. The summed E-state index contributed by atoms with van der Waals surface area (Å²) in [5.74, 6) is 0.360. The first-order valence-electron chi connectivity index (χ1n) is 27.8. The minimum absolute atomic E-state index is 0.145. The number of nitrogens with one attached hydrogen (secondary N) is 6. The zero-order valence-electron chi connectivity index (χ0n) is 46.9. The first-order valence-corrected chi connectivity index (χ1v) is 28.2. The lowest BCUT2D eigenvalue weighted by atomic mass is 9.83. The van der Waals surface area contributed by atoms with Crippen molar-refractivity contribution in [1.29, 1.82) is 0 Å². The van der Waals surface area contributed by atoms with Gasteiger partial charge in [0.2, 0.25) is 23.7 Å². The normalized spacial score (nSPS) is 17.1. The summed E-state index contributed by atoms with van der Waals surface area (Å²) in [5, 5.41) is 18.7. The quantitative estimate of drug-likeness (QED) is 0.0331. The first kappa shape index (κ1) is 59.3. The Hall–Kier alpha value is -6.87. The van der Waals surface area contributed by atoms with Crippen molar-refractivity contribution < 1.29 is 38.1 Å². The number of nitrogens with zero attached hydrogens (tertiary/aromatic N) is 5. The van der Waals surface area contributed by atoms with Gasteiger partial charge in [0.05, 0.1) is 69.2 Å². The van der Waals surface area contributed by atoms with Gasteiger partial charge >= 0.3 is 0 Å². The summed E-state index contributed by atoms with van der Waals surface area (Å²) < 4.78 is 23.6. The van der Waals surface area contributed by atoms with Crippen molar-refractivity contribution in [2.45, 2.75) is 84.1 Å². The molecule has 20 heteroatoms. The lowest BCUT2D eigenvalue weighted by Gasteiger charge is -2.41. The third-order valence-corrected chi connectivity index (χ3v) is 15.1. The van der Waals surface area contributed by atoms with Crippen molar-refractivity contribution in [3.05, 3.63) is 130 Å². The molecule has 4 aromatic carbocycles. The molecule has 4 amide bonds. The maximum atomic E-state index is 14.7. The number of benzene rings is 4. The second-order valence-corrected chi connectivity index (χ2v) is 21.8. The number of halogens is 1. The third kappa shape index (κ3) is 15.9. The molecule has 1 fully saturated rings. The van der Waals surface area contributed by atoms with Gasteiger partial charge in [-0.05, 0) is 109 Å². The number of likely N-dealkylation sites (N-methyl/N-ethyl adjacent to an activating group) is 1. The monoisotopic (exact) mass is 1120 g/mol. The number of carbonyl (C=O) groups excluding carboxylic acids is 4. The van der Waals surface area contributed by atoms with Crippen LogP contribution < -0.4 is 41.5 Å². The molecule has 428 valence electrons. The minimum Gasteiger partial charge on any atom is -0.491 e. The second-order valence-electron chi connectivity index (χ2n) is 21.4. The summed E-state index contributed by atoms with van der Waals surface area (Å²) in [6.07, 6.45) is 4.61. The van der Waals surface area contributed by atoms with Crippen molar-refractivity contribution in [2.24, 2.45) is 5.41 Å². The van der Waals surface area contributed by atoms with Gasteiger partial charge in [-0.15, -0.1) is 0 Å². The average molecular weight is 1120 g/mol. The molecule has 3 aliphatic rings. The number of hydrogen-bond donors (Lipinski definition) is 6. The Morgan fingerprint density at radius 3 is 2.21 bits per heavy atom. The SMILES string of the molecule is CNC(=O)c1ccccc1Nc1nc(Nc2ccc(N3CCN(CCOCCOCCOCCOc4ccc5c(c4)CN(C(=O)C(NC(=O)C(C)NC)C(C)(C)C)[C@H](C(=O)N[C@@H]4CCCc6ccccc64)C5)CC3)cc2)ncc1Cl. The zero-order chi connectivity index (χ0) is 56.6. The van der Waals surface area contributed by atoms with E-state index in [2.05, 4.69) is 75.9 Å². The van der Waals surface area contributed by atoms with E-state index in [9.17, 15) is 19.2 Å². The van der Waals surface area contributed by atoms with E-state index < -0.39 is 23.5 Å². The molecule has 4 atom stereocenters. The van der Waals surface area contributed by atoms with E-state index in [-0.39, 0.29) is 36.2 Å². The van der Waals surface area contributed by atoms with Crippen molar-refractivity contribution in [3.8, 4) is 5.75 Å². The van der Waals surface area contributed by atoms with E-state index in [4.69, 9.17) is 30.5 Å². The molecular formula is C60H78ClN11O8. The molecule has 1 aromatic heterocycles. The van der Waals surface area contributed by atoms with Crippen LogP contribution in [0.25, 0.3) is 0 Å². The van der Waals surface area contributed by atoms with Crippen LogP contribution in [-0.4, -0.2) is 155 Å². The molecule has 3 heterocycles. The van der Waals surface area contributed by atoms with E-state index >= 15 is 0 Å². The molecule has 19 nitrogen and oxygen atoms in total. The standard InChI is InChI=1S/C60H78ClN11O8/c1-40(62-5)55(73)68-53(60(2,3)4)58(76)72-39-43-36-46(23-18-42(43)37-52(72)57(75)67-50-17-11-13-41-12-7-8-14-47(41)50)80-35-34-79-33-32-78-31-30-77-29-28-70-24-26-71(27-25-70)45-21-19-44(20-22-45)65-59-64-38-49(61)54(69-59)66-51-16-10-9-15-48(51)56(74)63-6/h7-10,12,14-16,18-23,36,38,40,50,52-53,62H,11,13,17,24-35,37,39H2,1-6H3,(H,63,74)(H,67,75)(H,68,73)(H2,64,65,66,69)/t40?,50-,52+,53?/m1/s1. The Morgan fingerprint density at radius 2 is 1.49 bits per heavy atom. The number of para-hydroxylation sites is 1. The van der Waals surface area contributed by atoms with Crippen LogP contribution in [0.4, 0.5) is 28.8 Å². The van der Waals surface area contributed by atoms with E-state index in [1.807, 2.05) is 69.3 Å². The third-order valence-electron chi connectivity index (χ3n) is 14.9. The Kier molecular flexibility index (Phi) is 21.1. The van der Waals surface area contributed by atoms with E-state index in [0.29, 0.717) is 86.5 Å². The van der Waals surface area contributed by atoms with Crippen molar-refractivity contribution in [3.63, 3.8) is 0 Å². The molecule has 0 radical (unpaired) electrons. The second kappa shape index (κ2) is 28.5. The summed E-state index contributed by atoms with van der Waals surface area (Å²) in [6.45, 7) is 15.3. The van der Waals surface area contributed by atoms with Crippen LogP contribution in [0.1, 0.15) is 79.2 Å². The van der Waals surface area contributed by atoms with E-state index in [1.165, 1.54) is 11.8 Å². The number of aryl methyl sites for hydroxylation is 1. The smallest absolute Gasteiger partial charge is 0.253 e. The van der Waals surface area contributed by atoms with Crippen LogP contribution in [0.2, 0.25) is 5.02 Å². The molecule has 1 aliphatic carbocycles. The molecule has 2 unspecified atom stereocenters. The van der Waals surface area contributed by atoms with Gasteiger partial charge in [-0.1, -0.05) is 74.8 Å². The molecule has 80 heavy (non-hydrogen) atoms. The Bertz CT molecular complexity index is 2880. The van der Waals surface area contributed by atoms with Crippen molar-refractivity contribution in [2.75, 3.05) is 109 Å². The van der Waals surface area contributed by atoms with Gasteiger partial charge in [0, 0.05) is 64.1 Å². The lowest BCUT2D eigenvalue weighted by molar-refractivity contribution is -0.147. The summed E-state index contributed by atoms with van der Waals surface area (Å²) in [4.78, 5) is 70.0. The summed E-state index contributed by atoms with van der Waals surface area (Å²) in [7, 11) is 3.29. The number of anilines is 5. The Balaban J connectivity index is 0.714. The van der Waals surface area contributed by atoms with E-state index in [0.717, 1.165) is 80.1 Å². The van der Waals surface area contributed by atoms with E-state index in [1.54, 1.807) is 44.1 Å². The van der Waals surface area contributed by atoms with Gasteiger partial charge < -0.3 is 60.6 Å². The number of carbonyl (C=O) groups is 4. The molecule has 0 bridgehead atoms. The molecule has 2 aliphatic heterocycles. The first-order chi connectivity index (χ1) is 38.7. The number of piperazine rings is 1. The van der Waals surface area contributed by atoms with Crippen LogP contribution in [0.3, 0.4) is 0 Å². The van der Waals surface area contributed by atoms with Crippen molar-refractivity contribution in [1.82, 2.24) is 41.0 Å². The van der Waals surface area contributed by atoms with Gasteiger partial charge in [-0.2, -0.15) is 4.98 Å². The van der Waals surface area contributed by atoms with Gasteiger partial charge in [-0.3, -0.25) is 24.1 Å². The molecule has 0 spiro atoms. The van der Waals surface area contributed by atoms with Crippen LogP contribution in [0.15, 0.2) is 97.2 Å². The van der Waals surface area contributed by atoms with Gasteiger partial charge in [-0.25, -0.2) is 4.98 Å². The van der Waals surface area contributed by atoms with Gasteiger partial charge in [0.15, 0.2) is 5.82 Å². The van der Waals surface area contributed by atoms with Crippen LogP contribution >= 0.6 is 11.6 Å². The molecular weight excluding hydrogens is 1040 g/mol. The van der Waals surface area contributed by atoms with Crippen LogP contribution in [0.5, 0.6) is 5.75 Å². The Labute approximate surface area is 475 Å². The molecule has 1 saturated heterocycles. The summed E-state index contributed by atoms with van der Waals surface area (Å²) in [5.41, 5.74) is 6.60. The fourth-order valence-electron chi connectivity index (χ4n) is 10.1. The van der Waals surface area contributed by atoms with Crippen LogP contribution in [0, 0.1) is 5.41 Å². The summed E-state index contributed by atoms with van der Waals surface area (Å²) in [6, 6.07) is 27.1. The Morgan fingerprint density at radius 1 is 0.787 bits per heavy atom. The maximum Gasteiger partial charge on any atom is 0.253 e. The predicted molar refractivity (Wildman–Crippen MR) is 311 cm³/mol. The highest BCUT2D eigenvalue weighted by molar-refractivity contribution is 6.33. The van der Waals surface area contributed by atoms with Gasteiger partial charge in [0.1, 0.15) is 29.5 Å². The number of amides is 4. The highest BCUT2D eigenvalue weighted by atomic mass is 35.5. The minimum atomic E-state index is -0.872. The largest absolute Gasteiger partial charge is 0.491 e. The zero-order valence-corrected chi connectivity index (χ0v) is 47.7. The fourth-order valence-corrected chi connectivity index (χ4v) is 10.3. The van der Waals surface area contributed by atoms with Crippen molar-refractivity contribution >= 4 is 64.1 Å². The highest BCUT2D eigenvalue weighted by Crippen LogP contribution is 2.34. The molecule has 5 aromatic rings. The van der Waals surface area contributed by atoms with Crippen LogP contribution in [-0.2, 0) is 48.0 Å². The number of aromatic nitrogens is 2. The summed E-state index contributed by atoms with van der Waals surface area (Å²) >= 11 is 6.42. The topological polar surface area (TPSA) is 213 Å². The maximum absolute atomic E-state index is 14.7. The average Bonchev–Trinajstić information content (AvgIpc) is 3.51. The molecule has 8 rings (SSSR count). The highest BCUT2D eigenvalue weighted by Gasteiger charge is 2.43.